The lowest BCUT2D eigenvalue weighted by atomic mass is 9.57. The average molecular weight is 887 g/mol. The molecule has 2 aliphatic heterocycles. The van der Waals surface area contributed by atoms with Crippen LogP contribution < -0.4 is 10.6 Å². The zero-order valence-corrected chi connectivity index (χ0v) is 38.6. The summed E-state index contributed by atoms with van der Waals surface area (Å²) in [6.07, 6.45) is 11.4. The number of carbonyl (C=O) groups is 1. The van der Waals surface area contributed by atoms with Gasteiger partial charge in [0.1, 0.15) is 5.75 Å². The van der Waals surface area contributed by atoms with Crippen LogP contribution in [0.5, 0.6) is 5.75 Å². The highest BCUT2D eigenvalue weighted by molar-refractivity contribution is 5.67. The molecule has 0 radical (unpaired) electrons. The fourth-order valence-electron chi connectivity index (χ4n) is 11.0. The SMILES string of the molecule is CCCC[C@H](O)[C@H](O)/C=C/C1=C(\C[C@H](O)CO)[C@H](CCC[C@@H]2N[C@H](C)CC[C@H](CO)[C@H]2CC(=O)O)N[C@@H]([C@@](C)(O)C2(c3ccc(O)cc3)CCCCC2)CC#Cc2ccccc2CC1. The standard InChI is InChI=1S/C53H78N2O9/c1-4-5-18-48(60)49(61)29-24-39-23-22-38-14-8-7-13-37(38)15-11-19-50(52(3,64)53(30-9-6-10-31-53)41-25-27-42(58)28-26-41)55-47(44(39)32-43(59)35-57)17-12-16-46-45(33-51(62)63)40(34-56)21-20-36(2)54-46/h7-8,13-14,24-29,36,40,43,45-50,54-61,64H,4-6,9-10,12,16-23,30-35H2,1-3H3,(H,62,63)/b29-24+,44-39+/t36-,40-,43+,45-,46+,47+,48+,49-,50-,52-/m1/s1. The number of aromatic hydroxyl groups is 1. The second-order valence-corrected chi connectivity index (χ2v) is 19.3. The van der Waals surface area contributed by atoms with Crippen molar-refractivity contribution < 1.29 is 45.6 Å². The molecule has 2 aromatic rings. The largest absolute Gasteiger partial charge is 0.508 e. The third kappa shape index (κ3) is 13.5. The van der Waals surface area contributed by atoms with Crippen molar-refractivity contribution >= 4 is 5.97 Å². The van der Waals surface area contributed by atoms with Gasteiger partial charge in [0.25, 0.3) is 0 Å². The molecule has 1 aliphatic carbocycles. The molecule has 0 spiro atoms. The van der Waals surface area contributed by atoms with Gasteiger partial charge in [0, 0.05) is 54.6 Å². The molecule has 11 nitrogen and oxygen atoms in total. The van der Waals surface area contributed by atoms with Gasteiger partial charge in [-0.2, -0.15) is 0 Å². The van der Waals surface area contributed by atoms with Crippen LogP contribution in [0.2, 0.25) is 0 Å². The van der Waals surface area contributed by atoms with Crippen molar-refractivity contribution in [1.82, 2.24) is 10.6 Å². The van der Waals surface area contributed by atoms with Crippen LogP contribution in [-0.2, 0) is 16.6 Å². The molecule has 2 aromatic carbocycles. The van der Waals surface area contributed by atoms with Gasteiger partial charge in [-0.1, -0.05) is 99.8 Å². The van der Waals surface area contributed by atoms with E-state index in [-0.39, 0.29) is 55.5 Å². The summed E-state index contributed by atoms with van der Waals surface area (Å²) < 4.78 is 0. The first-order valence-corrected chi connectivity index (χ1v) is 24.2. The number of hydrogen-bond acceptors (Lipinski definition) is 10. The molecule has 10 N–H and O–H groups in total. The van der Waals surface area contributed by atoms with Gasteiger partial charge in [0.2, 0.25) is 0 Å². The van der Waals surface area contributed by atoms with Gasteiger partial charge in [-0.25, -0.2) is 0 Å². The quantitative estimate of drug-likeness (QED) is 0.0684. The molecular formula is C53H78N2O9. The highest BCUT2D eigenvalue weighted by Gasteiger charge is 2.53. The number of carboxylic acid groups (broad SMARTS) is 1. The predicted molar refractivity (Wildman–Crippen MR) is 252 cm³/mol. The van der Waals surface area contributed by atoms with Crippen LogP contribution in [0.1, 0.15) is 147 Å². The monoisotopic (exact) mass is 887 g/mol. The maximum atomic E-state index is 13.4. The Kier molecular flexibility index (Phi) is 19.9. The van der Waals surface area contributed by atoms with Crippen molar-refractivity contribution in [1.29, 1.82) is 0 Å². The van der Waals surface area contributed by atoms with Crippen LogP contribution >= 0.6 is 0 Å². The van der Waals surface area contributed by atoms with Gasteiger partial charge in [-0.3, -0.25) is 4.79 Å². The molecule has 0 amide bonds. The van der Waals surface area contributed by atoms with E-state index >= 15 is 0 Å². The molecule has 0 unspecified atom stereocenters. The van der Waals surface area contributed by atoms with Gasteiger partial charge in [-0.05, 0) is 130 Å². The lowest BCUT2D eigenvalue weighted by molar-refractivity contribution is -0.139. The summed E-state index contributed by atoms with van der Waals surface area (Å²) in [7, 11) is 0. The van der Waals surface area contributed by atoms with Crippen LogP contribution in [0.25, 0.3) is 0 Å². The molecule has 0 aromatic heterocycles. The lowest BCUT2D eigenvalue weighted by Crippen LogP contribution is -2.63. The van der Waals surface area contributed by atoms with Crippen molar-refractivity contribution in [2.24, 2.45) is 11.8 Å². The fraction of sp³-hybridized carbons (Fsp3) is 0.642. The van der Waals surface area contributed by atoms with Gasteiger partial charge in [0.15, 0.2) is 0 Å². The lowest BCUT2D eigenvalue weighted by Gasteiger charge is -2.52. The van der Waals surface area contributed by atoms with Crippen LogP contribution in [0.4, 0.5) is 0 Å². The number of allylic oxidation sites excluding steroid dienone is 2. The van der Waals surface area contributed by atoms with E-state index in [4.69, 9.17) is 0 Å². The van der Waals surface area contributed by atoms with E-state index in [1.807, 2.05) is 50.3 Å². The number of phenolic OH excluding ortho intramolecular Hbond substituents is 1. The summed E-state index contributed by atoms with van der Waals surface area (Å²) in [6.45, 7) is 5.48. The molecule has 0 bridgehead atoms. The number of unbranched alkanes of at least 4 members (excludes halogenated alkanes) is 1. The molecule has 2 heterocycles. The topological polar surface area (TPSA) is 203 Å². The first kappa shape index (κ1) is 51.4. The molecule has 11 heteroatoms. The number of phenols is 1. The number of benzene rings is 2. The van der Waals surface area contributed by atoms with E-state index in [2.05, 4.69) is 35.5 Å². The van der Waals surface area contributed by atoms with Crippen LogP contribution in [0.15, 0.2) is 71.8 Å². The second kappa shape index (κ2) is 24.8. The summed E-state index contributed by atoms with van der Waals surface area (Å²) in [5.74, 6) is 5.74. The van der Waals surface area contributed by atoms with E-state index in [1.54, 1.807) is 18.2 Å². The number of carboxylic acids is 1. The number of aliphatic hydroxyl groups is 6. The van der Waals surface area contributed by atoms with Gasteiger partial charge in [-0.15, -0.1) is 0 Å². The summed E-state index contributed by atoms with van der Waals surface area (Å²) in [5, 5.41) is 95.8. The first-order valence-electron chi connectivity index (χ1n) is 24.2. The Hall–Kier alpha value is -3.57. The summed E-state index contributed by atoms with van der Waals surface area (Å²) >= 11 is 0. The normalized spacial score (nSPS) is 28.0. The summed E-state index contributed by atoms with van der Waals surface area (Å²) in [5.41, 5.74) is 2.42. The molecule has 1 saturated carbocycles. The predicted octanol–water partition coefficient (Wildman–Crippen LogP) is 6.58. The minimum Gasteiger partial charge on any atom is -0.508 e. The Bertz CT molecular complexity index is 1880. The Balaban J connectivity index is 1.68. The Morgan fingerprint density at radius 3 is 2.39 bits per heavy atom. The molecule has 10 atom stereocenters. The number of aliphatic hydroxyl groups excluding tert-OH is 5. The van der Waals surface area contributed by atoms with Gasteiger partial charge in [0.05, 0.1) is 30.5 Å². The third-order valence-electron chi connectivity index (χ3n) is 14.9. The van der Waals surface area contributed by atoms with Crippen LogP contribution in [0, 0.1) is 23.7 Å². The Labute approximate surface area is 382 Å². The number of aliphatic carboxylic acids is 1. The van der Waals surface area contributed by atoms with Gasteiger partial charge < -0.3 is 51.5 Å². The Morgan fingerprint density at radius 1 is 0.969 bits per heavy atom. The van der Waals surface area contributed by atoms with Crippen molar-refractivity contribution in [3.8, 4) is 17.6 Å². The molecule has 1 saturated heterocycles. The second-order valence-electron chi connectivity index (χ2n) is 19.3. The molecule has 2 fully saturated rings. The number of fused-ring (bicyclic) bond motifs is 1. The highest BCUT2D eigenvalue weighted by Crippen LogP contribution is 2.50. The highest BCUT2D eigenvalue weighted by atomic mass is 16.4. The van der Waals surface area contributed by atoms with E-state index in [9.17, 15) is 45.6 Å². The zero-order chi connectivity index (χ0) is 46.3. The van der Waals surface area contributed by atoms with E-state index < -0.39 is 54.0 Å². The maximum absolute atomic E-state index is 13.4. The van der Waals surface area contributed by atoms with Crippen LogP contribution in [-0.4, -0.2) is 108 Å². The van der Waals surface area contributed by atoms with E-state index in [0.717, 1.165) is 85.6 Å². The van der Waals surface area contributed by atoms with E-state index in [1.165, 1.54) is 0 Å². The summed E-state index contributed by atoms with van der Waals surface area (Å²) in [4.78, 5) is 12.2. The molecule has 64 heavy (non-hydrogen) atoms. The minimum atomic E-state index is -1.39. The van der Waals surface area contributed by atoms with Crippen LogP contribution in [0.3, 0.4) is 0 Å². The van der Waals surface area contributed by atoms with Crippen molar-refractivity contribution in [2.75, 3.05) is 13.2 Å². The molecule has 3 aliphatic rings. The van der Waals surface area contributed by atoms with E-state index in [0.29, 0.717) is 38.5 Å². The fourth-order valence-corrected chi connectivity index (χ4v) is 11.0. The average Bonchev–Trinajstić information content (AvgIpc) is 3.43. The third-order valence-corrected chi connectivity index (χ3v) is 14.9. The first-order chi connectivity index (χ1) is 30.7. The molecular weight excluding hydrogens is 809 g/mol. The zero-order valence-electron chi connectivity index (χ0n) is 38.6. The number of hydrogen-bond donors (Lipinski definition) is 10. The minimum absolute atomic E-state index is 0.0586. The van der Waals surface area contributed by atoms with Crippen molar-refractivity contribution in [3.63, 3.8) is 0 Å². The number of nitrogens with one attached hydrogen (secondary N) is 2. The summed E-state index contributed by atoms with van der Waals surface area (Å²) in [6, 6.07) is 14.1. The molecule has 354 valence electrons. The van der Waals surface area contributed by atoms with Crippen molar-refractivity contribution in [3.05, 3.63) is 88.5 Å². The number of rotatable bonds is 19. The van der Waals surface area contributed by atoms with Crippen molar-refractivity contribution in [2.45, 2.75) is 190 Å². The van der Waals surface area contributed by atoms with Gasteiger partial charge >= 0.3 is 5.97 Å². The molecule has 5 rings (SSSR count). The Morgan fingerprint density at radius 2 is 1.70 bits per heavy atom. The maximum Gasteiger partial charge on any atom is 0.303 e. The number of aryl methyl sites for hydroxylation is 1. The smallest absolute Gasteiger partial charge is 0.303 e.